The zero-order valence-electron chi connectivity index (χ0n) is 11.6. The van der Waals surface area contributed by atoms with Gasteiger partial charge in [-0.25, -0.2) is 0 Å². The van der Waals surface area contributed by atoms with Gasteiger partial charge in [0.15, 0.2) is 0 Å². The van der Waals surface area contributed by atoms with Gasteiger partial charge in [0.25, 0.3) is 0 Å². The molecule has 1 aliphatic rings. The standard InChI is InChI=1S/C14H30N2/c1-12(2)16(4)11-5-10-15-14-8-6-13(3)7-9-14/h12-15H,5-11H2,1-4H3. The highest BCUT2D eigenvalue weighted by molar-refractivity contribution is 4.75. The van der Waals surface area contributed by atoms with E-state index in [9.17, 15) is 0 Å². The Morgan fingerprint density at radius 3 is 2.38 bits per heavy atom. The van der Waals surface area contributed by atoms with Crippen LogP contribution in [-0.2, 0) is 0 Å². The summed E-state index contributed by atoms with van der Waals surface area (Å²) in [5.74, 6) is 0.963. The van der Waals surface area contributed by atoms with Gasteiger partial charge in [-0.2, -0.15) is 0 Å². The summed E-state index contributed by atoms with van der Waals surface area (Å²) in [6.45, 7) is 9.31. The lowest BCUT2D eigenvalue weighted by molar-refractivity contribution is 0.260. The predicted molar refractivity (Wildman–Crippen MR) is 71.8 cm³/mol. The van der Waals surface area contributed by atoms with Crippen molar-refractivity contribution in [2.75, 3.05) is 20.1 Å². The highest BCUT2D eigenvalue weighted by Gasteiger charge is 2.17. The quantitative estimate of drug-likeness (QED) is 0.701. The predicted octanol–water partition coefficient (Wildman–Crippen LogP) is 2.89. The molecule has 1 aliphatic carbocycles. The highest BCUT2D eigenvalue weighted by Crippen LogP contribution is 2.23. The van der Waals surface area contributed by atoms with Crippen LogP contribution in [0.5, 0.6) is 0 Å². The first-order chi connectivity index (χ1) is 7.59. The van der Waals surface area contributed by atoms with Crippen molar-refractivity contribution in [3.8, 4) is 0 Å². The van der Waals surface area contributed by atoms with Crippen LogP contribution in [-0.4, -0.2) is 37.1 Å². The summed E-state index contributed by atoms with van der Waals surface area (Å²) in [4.78, 5) is 2.42. The van der Waals surface area contributed by atoms with E-state index in [0.29, 0.717) is 6.04 Å². The summed E-state index contributed by atoms with van der Waals surface area (Å²) in [5, 5.41) is 3.71. The van der Waals surface area contributed by atoms with E-state index in [1.54, 1.807) is 0 Å². The number of nitrogens with one attached hydrogen (secondary N) is 1. The van der Waals surface area contributed by atoms with E-state index in [0.717, 1.165) is 12.0 Å². The van der Waals surface area contributed by atoms with Crippen molar-refractivity contribution in [1.82, 2.24) is 10.2 Å². The second-order valence-corrected chi connectivity index (χ2v) is 5.84. The third kappa shape index (κ3) is 5.31. The Labute approximate surface area is 102 Å². The Balaban J connectivity index is 1.99. The molecule has 0 aromatic heterocycles. The van der Waals surface area contributed by atoms with Crippen molar-refractivity contribution in [3.05, 3.63) is 0 Å². The van der Waals surface area contributed by atoms with Crippen LogP contribution in [0.3, 0.4) is 0 Å². The molecule has 0 spiro atoms. The largest absolute Gasteiger partial charge is 0.314 e. The monoisotopic (exact) mass is 226 g/mol. The van der Waals surface area contributed by atoms with Gasteiger partial charge < -0.3 is 10.2 Å². The fourth-order valence-electron chi connectivity index (χ4n) is 2.36. The van der Waals surface area contributed by atoms with E-state index in [1.807, 2.05) is 0 Å². The van der Waals surface area contributed by atoms with Crippen LogP contribution in [0.25, 0.3) is 0 Å². The molecular weight excluding hydrogens is 196 g/mol. The minimum atomic E-state index is 0.676. The van der Waals surface area contributed by atoms with Crippen molar-refractivity contribution in [3.63, 3.8) is 0 Å². The van der Waals surface area contributed by atoms with Crippen molar-refractivity contribution in [2.45, 2.75) is 65.0 Å². The lowest BCUT2D eigenvalue weighted by atomic mass is 9.87. The van der Waals surface area contributed by atoms with Gasteiger partial charge in [-0.3, -0.25) is 0 Å². The van der Waals surface area contributed by atoms with E-state index >= 15 is 0 Å². The molecule has 0 unspecified atom stereocenters. The van der Waals surface area contributed by atoms with E-state index in [2.05, 4.69) is 38.0 Å². The summed E-state index contributed by atoms with van der Waals surface area (Å²) in [6, 6.07) is 1.48. The Bertz CT molecular complexity index is 172. The van der Waals surface area contributed by atoms with E-state index < -0.39 is 0 Å². The summed E-state index contributed by atoms with van der Waals surface area (Å²) in [7, 11) is 2.22. The zero-order chi connectivity index (χ0) is 12.0. The molecule has 2 heteroatoms. The Morgan fingerprint density at radius 1 is 1.19 bits per heavy atom. The third-order valence-electron chi connectivity index (χ3n) is 4.02. The molecule has 0 bridgehead atoms. The van der Waals surface area contributed by atoms with Gasteiger partial charge in [-0.15, -0.1) is 0 Å². The molecule has 96 valence electrons. The Hall–Kier alpha value is -0.0800. The average Bonchev–Trinajstić information content (AvgIpc) is 2.26. The van der Waals surface area contributed by atoms with Crippen molar-refractivity contribution in [2.24, 2.45) is 5.92 Å². The Morgan fingerprint density at radius 2 is 1.81 bits per heavy atom. The first-order valence-electron chi connectivity index (χ1n) is 7.03. The first-order valence-corrected chi connectivity index (χ1v) is 7.03. The summed E-state index contributed by atoms with van der Waals surface area (Å²) < 4.78 is 0. The molecule has 1 fully saturated rings. The molecule has 0 aromatic rings. The van der Waals surface area contributed by atoms with Crippen molar-refractivity contribution >= 4 is 0 Å². The van der Waals surface area contributed by atoms with Gasteiger partial charge in [-0.05, 0) is 72.0 Å². The van der Waals surface area contributed by atoms with Crippen LogP contribution in [0, 0.1) is 5.92 Å². The van der Waals surface area contributed by atoms with E-state index in [4.69, 9.17) is 0 Å². The third-order valence-corrected chi connectivity index (χ3v) is 4.02. The summed E-state index contributed by atoms with van der Waals surface area (Å²) in [6.07, 6.45) is 6.90. The molecule has 1 saturated carbocycles. The molecule has 0 saturated heterocycles. The SMILES string of the molecule is CC1CCC(NCCCN(C)C(C)C)CC1. The molecule has 0 atom stereocenters. The molecular formula is C14H30N2. The molecule has 0 heterocycles. The minimum Gasteiger partial charge on any atom is -0.314 e. The topological polar surface area (TPSA) is 15.3 Å². The molecule has 0 radical (unpaired) electrons. The fraction of sp³-hybridized carbons (Fsp3) is 1.00. The molecule has 16 heavy (non-hydrogen) atoms. The molecule has 2 nitrogen and oxygen atoms in total. The number of nitrogens with zero attached hydrogens (tertiary/aromatic N) is 1. The van der Waals surface area contributed by atoms with Crippen LogP contribution < -0.4 is 5.32 Å². The smallest absolute Gasteiger partial charge is 0.00672 e. The number of hydrogen-bond donors (Lipinski definition) is 1. The lowest BCUT2D eigenvalue weighted by Crippen LogP contribution is -2.35. The maximum atomic E-state index is 3.71. The second kappa shape index (κ2) is 7.29. The van der Waals surface area contributed by atoms with Crippen molar-refractivity contribution < 1.29 is 0 Å². The molecule has 1 N–H and O–H groups in total. The normalized spacial score (nSPS) is 26.6. The van der Waals surface area contributed by atoms with Gasteiger partial charge in [0.1, 0.15) is 0 Å². The van der Waals surface area contributed by atoms with Crippen LogP contribution >= 0.6 is 0 Å². The van der Waals surface area contributed by atoms with E-state index in [1.165, 1.54) is 45.2 Å². The van der Waals surface area contributed by atoms with Gasteiger partial charge in [0.05, 0.1) is 0 Å². The molecule has 0 aromatic carbocycles. The van der Waals surface area contributed by atoms with Gasteiger partial charge in [-0.1, -0.05) is 6.92 Å². The van der Waals surface area contributed by atoms with Crippen LogP contribution in [0.4, 0.5) is 0 Å². The highest BCUT2D eigenvalue weighted by atomic mass is 15.1. The van der Waals surface area contributed by atoms with Crippen LogP contribution in [0.15, 0.2) is 0 Å². The van der Waals surface area contributed by atoms with E-state index in [-0.39, 0.29) is 0 Å². The van der Waals surface area contributed by atoms with Crippen molar-refractivity contribution in [1.29, 1.82) is 0 Å². The van der Waals surface area contributed by atoms with Gasteiger partial charge in [0, 0.05) is 12.1 Å². The summed E-state index contributed by atoms with van der Waals surface area (Å²) >= 11 is 0. The summed E-state index contributed by atoms with van der Waals surface area (Å²) in [5.41, 5.74) is 0. The second-order valence-electron chi connectivity index (χ2n) is 5.84. The van der Waals surface area contributed by atoms with Gasteiger partial charge in [0.2, 0.25) is 0 Å². The molecule has 0 amide bonds. The maximum Gasteiger partial charge on any atom is 0.00672 e. The molecule has 0 aliphatic heterocycles. The van der Waals surface area contributed by atoms with Gasteiger partial charge >= 0.3 is 0 Å². The first kappa shape index (κ1) is 14.0. The lowest BCUT2D eigenvalue weighted by Gasteiger charge is -2.27. The fourth-order valence-corrected chi connectivity index (χ4v) is 2.36. The maximum absolute atomic E-state index is 3.71. The molecule has 1 rings (SSSR count). The zero-order valence-corrected chi connectivity index (χ0v) is 11.6. The van der Waals surface area contributed by atoms with Crippen LogP contribution in [0.2, 0.25) is 0 Å². The minimum absolute atomic E-state index is 0.676. The van der Waals surface area contributed by atoms with Crippen LogP contribution in [0.1, 0.15) is 52.9 Å². The number of hydrogen-bond acceptors (Lipinski definition) is 2. The average molecular weight is 226 g/mol. The Kier molecular flexibility index (Phi) is 6.37. The number of rotatable bonds is 6.